The lowest BCUT2D eigenvalue weighted by atomic mass is 10.0. The molecule has 3 rings (SSSR count). The highest BCUT2D eigenvalue weighted by Gasteiger charge is 2.35. The molecule has 0 aromatic heterocycles. The SMILES string of the molecule is CN1CC(C(=O)N2CCC(OCc3ccccc3)CC2)CC1=O. The Morgan fingerprint density at radius 3 is 2.52 bits per heavy atom. The van der Waals surface area contributed by atoms with Gasteiger partial charge < -0.3 is 14.5 Å². The average Bonchev–Trinajstić information content (AvgIpc) is 2.93. The molecule has 1 aromatic carbocycles. The summed E-state index contributed by atoms with van der Waals surface area (Å²) in [7, 11) is 1.76. The normalized spacial score (nSPS) is 22.7. The van der Waals surface area contributed by atoms with E-state index in [9.17, 15) is 9.59 Å². The number of carbonyl (C=O) groups excluding carboxylic acids is 2. The van der Waals surface area contributed by atoms with Crippen LogP contribution in [0.1, 0.15) is 24.8 Å². The minimum Gasteiger partial charge on any atom is -0.373 e. The van der Waals surface area contributed by atoms with Gasteiger partial charge in [-0.25, -0.2) is 0 Å². The molecule has 1 aromatic rings. The van der Waals surface area contributed by atoms with Gasteiger partial charge in [-0.2, -0.15) is 0 Å². The molecular weight excluding hydrogens is 292 g/mol. The Labute approximate surface area is 137 Å². The molecule has 2 fully saturated rings. The van der Waals surface area contributed by atoms with Crippen molar-refractivity contribution in [1.82, 2.24) is 9.80 Å². The molecule has 0 spiro atoms. The maximum Gasteiger partial charge on any atom is 0.227 e. The molecule has 2 aliphatic rings. The molecule has 23 heavy (non-hydrogen) atoms. The first-order chi connectivity index (χ1) is 11.1. The summed E-state index contributed by atoms with van der Waals surface area (Å²) < 4.78 is 5.96. The van der Waals surface area contributed by atoms with Crippen LogP contribution < -0.4 is 0 Å². The third-order valence-corrected chi connectivity index (χ3v) is 4.77. The number of ether oxygens (including phenoxy) is 1. The second-order valence-corrected chi connectivity index (χ2v) is 6.50. The minimum absolute atomic E-state index is 0.0735. The lowest BCUT2D eigenvalue weighted by molar-refractivity contribution is -0.138. The number of hydrogen-bond acceptors (Lipinski definition) is 3. The van der Waals surface area contributed by atoms with Crippen LogP contribution in [0.15, 0.2) is 30.3 Å². The zero-order valence-corrected chi connectivity index (χ0v) is 13.6. The fourth-order valence-electron chi connectivity index (χ4n) is 3.32. The fraction of sp³-hybridized carbons (Fsp3) is 0.556. The second-order valence-electron chi connectivity index (χ2n) is 6.50. The van der Waals surface area contributed by atoms with E-state index in [1.54, 1.807) is 11.9 Å². The van der Waals surface area contributed by atoms with Gasteiger partial charge in [-0.05, 0) is 18.4 Å². The van der Waals surface area contributed by atoms with Crippen LogP contribution in [0.3, 0.4) is 0 Å². The van der Waals surface area contributed by atoms with Gasteiger partial charge in [0, 0.05) is 33.1 Å². The molecule has 5 nitrogen and oxygen atoms in total. The first kappa shape index (κ1) is 16.0. The minimum atomic E-state index is -0.158. The molecule has 0 bridgehead atoms. The smallest absolute Gasteiger partial charge is 0.227 e. The van der Waals surface area contributed by atoms with Gasteiger partial charge in [0.2, 0.25) is 11.8 Å². The number of nitrogens with zero attached hydrogens (tertiary/aromatic N) is 2. The van der Waals surface area contributed by atoms with Gasteiger partial charge in [-0.15, -0.1) is 0 Å². The summed E-state index contributed by atoms with van der Waals surface area (Å²) in [5, 5.41) is 0. The zero-order valence-electron chi connectivity index (χ0n) is 13.6. The molecule has 2 saturated heterocycles. The number of benzene rings is 1. The van der Waals surface area contributed by atoms with Gasteiger partial charge in [0.25, 0.3) is 0 Å². The molecule has 2 aliphatic heterocycles. The Morgan fingerprint density at radius 1 is 1.22 bits per heavy atom. The molecule has 124 valence electrons. The number of likely N-dealkylation sites (tertiary alicyclic amines) is 2. The molecule has 0 aliphatic carbocycles. The Bertz CT molecular complexity index is 553. The molecule has 5 heteroatoms. The van der Waals surface area contributed by atoms with E-state index >= 15 is 0 Å². The number of rotatable bonds is 4. The quantitative estimate of drug-likeness (QED) is 0.849. The van der Waals surface area contributed by atoms with Crippen molar-refractivity contribution in [2.24, 2.45) is 5.92 Å². The predicted molar refractivity (Wildman–Crippen MR) is 86.6 cm³/mol. The van der Waals surface area contributed by atoms with Crippen LogP contribution in [-0.2, 0) is 20.9 Å². The summed E-state index contributed by atoms with van der Waals surface area (Å²) in [6.45, 7) is 2.64. The number of carbonyl (C=O) groups is 2. The van der Waals surface area contributed by atoms with E-state index < -0.39 is 0 Å². The molecule has 0 radical (unpaired) electrons. The summed E-state index contributed by atoms with van der Waals surface area (Å²) in [5.74, 6) is 0.0444. The monoisotopic (exact) mass is 316 g/mol. The summed E-state index contributed by atoms with van der Waals surface area (Å²) >= 11 is 0. The molecule has 2 amide bonds. The molecule has 2 heterocycles. The van der Waals surface area contributed by atoms with E-state index in [-0.39, 0.29) is 23.8 Å². The van der Waals surface area contributed by atoms with E-state index in [1.807, 2.05) is 23.1 Å². The van der Waals surface area contributed by atoms with Gasteiger partial charge in [-0.1, -0.05) is 30.3 Å². The summed E-state index contributed by atoms with van der Waals surface area (Å²) in [6, 6.07) is 10.1. The van der Waals surface area contributed by atoms with Crippen molar-refractivity contribution in [2.45, 2.75) is 32.0 Å². The van der Waals surface area contributed by atoms with E-state index in [4.69, 9.17) is 4.74 Å². The van der Waals surface area contributed by atoms with Gasteiger partial charge in [0.15, 0.2) is 0 Å². The third kappa shape index (κ3) is 3.91. The van der Waals surface area contributed by atoms with Crippen molar-refractivity contribution in [3.8, 4) is 0 Å². The Balaban J connectivity index is 1.43. The fourth-order valence-corrected chi connectivity index (χ4v) is 3.32. The van der Waals surface area contributed by atoms with E-state index in [0.717, 1.165) is 25.9 Å². The van der Waals surface area contributed by atoms with Crippen molar-refractivity contribution in [1.29, 1.82) is 0 Å². The van der Waals surface area contributed by atoms with Crippen LogP contribution in [0, 0.1) is 5.92 Å². The van der Waals surface area contributed by atoms with E-state index in [0.29, 0.717) is 19.6 Å². The van der Waals surface area contributed by atoms with Crippen LogP contribution >= 0.6 is 0 Å². The topological polar surface area (TPSA) is 49.9 Å². The molecule has 0 N–H and O–H groups in total. The van der Waals surface area contributed by atoms with Crippen molar-refractivity contribution < 1.29 is 14.3 Å². The third-order valence-electron chi connectivity index (χ3n) is 4.77. The lowest BCUT2D eigenvalue weighted by Gasteiger charge is -2.33. The summed E-state index contributed by atoms with van der Waals surface area (Å²) in [5.41, 5.74) is 1.18. The van der Waals surface area contributed by atoms with Crippen molar-refractivity contribution >= 4 is 11.8 Å². The number of hydrogen-bond donors (Lipinski definition) is 0. The molecule has 1 atom stereocenters. The maximum absolute atomic E-state index is 12.5. The van der Waals surface area contributed by atoms with Crippen LogP contribution in [0.25, 0.3) is 0 Å². The van der Waals surface area contributed by atoms with Crippen LogP contribution in [-0.4, -0.2) is 54.4 Å². The van der Waals surface area contributed by atoms with Gasteiger partial charge in [0.1, 0.15) is 0 Å². The highest BCUT2D eigenvalue weighted by atomic mass is 16.5. The van der Waals surface area contributed by atoms with Crippen molar-refractivity contribution in [3.05, 3.63) is 35.9 Å². The summed E-state index contributed by atoms with van der Waals surface area (Å²) in [6.07, 6.45) is 2.32. The highest BCUT2D eigenvalue weighted by molar-refractivity contribution is 5.89. The Kier molecular flexibility index (Phi) is 4.96. The van der Waals surface area contributed by atoms with Gasteiger partial charge >= 0.3 is 0 Å². The Hall–Kier alpha value is -1.88. The van der Waals surface area contributed by atoms with Crippen LogP contribution in [0.5, 0.6) is 0 Å². The zero-order chi connectivity index (χ0) is 16.2. The van der Waals surface area contributed by atoms with Crippen molar-refractivity contribution in [2.75, 3.05) is 26.7 Å². The highest BCUT2D eigenvalue weighted by Crippen LogP contribution is 2.22. The number of piperidine rings is 1. The first-order valence-electron chi connectivity index (χ1n) is 8.32. The molecule has 1 unspecified atom stereocenters. The van der Waals surface area contributed by atoms with Crippen LogP contribution in [0.4, 0.5) is 0 Å². The molecular formula is C18H24N2O3. The van der Waals surface area contributed by atoms with E-state index in [1.165, 1.54) is 5.56 Å². The molecule has 0 saturated carbocycles. The van der Waals surface area contributed by atoms with Gasteiger partial charge in [-0.3, -0.25) is 9.59 Å². The maximum atomic E-state index is 12.5. The second kappa shape index (κ2) is 7.13. The van der Waals surface area contributed by atoms with E-state index in [2.05, 4.69) is 12.1 Å². The largest absolute Gasteiger partial charge is 0.373 e. The lowest BCUT2D eigenvalue weighted by Crippen LogP contribution is -2.44. The average molecular weight is 316 g/mol. The van der Waals surface area contributed by atoms with Crippen LogP contribution in [0.2, 0.25) is 0 Å². The predicted octanol–water partition coefficient (Wildman–Crippen LogP) is 1.67. The first-order valence-corrected chi connectivity index (χ1v) is 8.32. The van der Waals surface area contributed by atoms with Gasteiger partial charge in [0.05, 0.1) is 18.6 Å². The number of amides is 2. The van der Waals surface area contributed by atoms with Crippen molar-refractivity contribution in [3.63, 3.8) is 0 Å². The standard InChI is InChI=1S/C18H24N2O3/c1-19-12-15(11-17(19)21)18(22)20-9-7-16(8-10-20)23-13-14-5-3-2-4-6-14/h2-6,15-16H,7-13H2,1H3. The summed E-state index contributed by atoms with van der Waals surface area (Å²) in [4.78, 5) is 27.6. The Morgan fingerprint density at radius 2 is 1.91 bits per heavy atom.